The second-order valence-corrected chi connectivity index (χ2v) is 5.86. The van der Waals surface area contributed by atoms with Gasteiger partial charge in [-0.15, -0.1) is 0 Å². The Morgan fingerprint density at radius 3 is 0.848 bits per heavy atom. The molecule has 1 aromatic heterocycles. The Balaban J connectivity index is 0.000000841. The summed E-state index contributed by atoms with van der Waals surface area (Å²) in [6, 6.07) is 20.1. The molecule has 0 bridgehead atoms. The van der Waals surface area contributed by atoms with Gasteiger partial charge < -0.3 is 15.3 Å². The van der Waals surface area contributed by atoms with Crippen LogP contribution in [0.2, 0.25) is 20.5 Å². The van der Waals surface area contributed by atoms with Gasteiger partial charge in [0.05, 0.1) is 40.2 Å². The van der Waals surface area contributed by atoms with Gasteiger partial charge in [0.15, 0.2) is 17.5 Å². The Morgan fingerprint density at radius 2 is 0.636 bits per heavy atom. The second kappa shape index (κ2) is 14.3. The largest absolute Gasteiger partial charge is 0.507 e. The summed E-state index contributed by atoms with van der Waals surface area (Å²) in [5, 5.41) is 30.6. The number of benzene rings is 3. The number of hydrogen-bond donors (Lipinski definition) is 3. The van der Waals surface area contributed by atoms with E-state index in [1.807, 2.05) is 0 Å². The van der Waals surface area contributed by atoms with Gasteiger partial charge in [0, 0.05) is 0 Å². The van der Waals surface area contributed by atoms with Gasteiger partial charge in [0.25, 0.3) is 0 Å². The first-order chi connectivity index (χ1) is 16.1. The molecule has 4 aromatic rings. The average molecular weight is 435 g/mol. The Labute approximate surface area is 198 Å². The summed E-state index contributed by atoms with van der Waals surface area (Å²) in [5.41, 5.74) is 1.27. The number of aromatic nitrogens is 3. The molecule has 0 aliphatic rings. The van der Waals surface area contributed by atoms with E-state index in [2.05, 4.69) is 38.5 Å². The van der Waals surface area contributed by atoms with Crippen molar-refractivity contribution in [2.24, 2.45) is 0 Å². The lowest BCUT2D eigenvalue weighted by Gasteiger charge is -2.10. The lowest BCUT2D eigenvalue weighted by molar-refractivity contribution is 0.477. The lowest BCUT2D eigenvalue weighted by atomic mass is 10.1. The van der Waals surface area contributed by atoms with E-state index in [1.165, 1.54) is 20.5 Å². The van der Waals surface area contributed by atoms with Crippen LogP contribution in [0, 0.1) is 0 Å². The van der Waals surface area contributed by atoms with Gasteiger partial charge in [-0.3, -0.25) is 0 Å². The predicted molar refractivity (Wildman–Crippen MR) is 136 cm³/mol. The maximum atomic E-state index is 10.2. The number of phenols is 3. The van der Waals surface area contributed by atoms with Crippen LogP contribution in [-0.4, -0.2) is 53.8 Å². The first-order valence-corrected chi connectivity index (χ1v) is 9.98. The number of nitrogens with zero attached hydrogens (tertiary/aromatic N) is 3. The van der Waals surface area contributed by atoms with Crippen molar-refractivity contribution in [2.45, 2.75) is 20.5 Å². The van der Waals surface area contributed by atoms with Crippen LogP contribution < -0.4 is 0 Å². The van der Waals surface area contributed by atoms with E-state index in [1.54, 1.807) is 72.8 Å². The fourth-order valence-corrected chi connectivity index (χ4v) is 2.73. The van der Waals surface area contributed by atoms with E-state index in [0.29, 0.717) is 16.7 Å². The Kier molecular flexibility index (Phi) is 11.9. The molecule has 0 saturated carbocycles. The number of phenolic OH excluding ortho intramolecular Hbond substituents is 3. The monoisotopic (exact) mass is 435 g/mol. The van der Waals surface area contributed by atoms with E-state index < -0.39 is 0 Å². The fourth-order valence-electron chi connectivity index (χ4n) is 2.73. The summed E-state index contributed by atoms with van der Waals surface area (Å²) in [6.45, 7) is 4.50. The first-order valence-electron chi connectivity index (χ1n) is 9.98. The molecule has 0 unspecified atom stereocenters. The third-order valence-electron chi connectivity index (χ3n) is 4.07. The van der Waals surface area contributed by atoms with Gasteiger partial charge in [-0.25, -0.2) is 15.0 Å². The van der Waals surface area contributed by atoms with Gasteiger partial charge in [-0.1, -0.05) is 56.9 Å². The quantitative estimate of drug-likeness (QED) is 0.407. The van der Waals surface area contributed by atoms with Gasteiger partial charge >= 0.3 is 0 Å². The maximum absolute atomic E-state index is 10.2. The highest BCUT2D eigenvalue weighted by Crippen LogP contribution is 2.33. The summed E-state index contributed by atoms with van der Waals surface area (Å²) >= 11 is 0. The van der Waals surface area contributed by atoms with Gasteiger partial charge in [-0.05, 0) is 36.4 Å². The molecule has 0 aliphatic heterocycles. The van der Waals surface area contributed by atoms with Crippen molar-refractivity contribution in [3.63, 3.8) is 0 Å². The molecule has 3 N–H and O–H groups in total. The second-order valence-electron chi connectivity index (χ2n) is 5.86. The molecule has 0 amide bonds. The molecule has 6 nitrogen and oxygen atoms in total. The summed E-state index contributed by atoms with van der Waals surface area (Å²) in [6.07, 6.45) is 0. The van der Waals surface area contributed by atoms with E-state index in [0.717, 1.165) is 0 Å². The molecular formula is C24H24B3N3O3. The van der Waals surface area contributed by atoms with E-state index >= 15 is 0 Å². The van der Waals surface area contributed by atoms with Gasteiger partial charge in [-0.2, -0.15) is 0 Å². The molecule has 0 spiro atoms. The van der Waals surface area contributed by atoms with Crippen molar-refractivity contribution < 1.29 is 15.3 Å². The summed E-state index contributed by atoms with van der Waals surface area (Å²) in [4.78, 5) is 13.3. The Hall–Kier alpha value is -3.74. The van der Waals surface area contributed by atoms with Gasteiger partial charge in [0.2, 0.25) is 0 Å². The van der Waals surface area contributed by atoms with Crippen LogP contribution in [0.5, 0.6) is 17.2 Å². The lowest BCUT2D eigenvalue weighted by Crippen LogP contribution is -2.00. The van der Waals surface area contributed by atoms with Gasteiger partial charge in [0.1, 0.15) is 17.2 Å². The van der Waals surface area contributed by atoms with Crippen molar-refractivity contribution >= 4 is 23.5 Å². The summed E-state index contributed by atoms with van der Waals surface area (Å²) in [5.74, 6) is 0.777. The van der Waals surface area contributed by atoms with Crippen molar-refractivity contribution in [2.75, 3.05) is 0 Å². The molecule has 33 heavy (non-hydrogen) atoms. The van der Waals surface area contributed by atoms with Crippen LogP contribution >= 0.6 is 0 Å². The molecule has 1 heterocycles. The standard InChI is InChI=1S/C21H15N3O3.3CH3B/c25-16-10-4-1-7-13(16)19-22-20(14-8-2-5-11-17(14)26)24-21(23-19)15-9-3-6-12-18(15)27;3*1-2/h1-12,25-27H;3*1H3. The summed E-state index contributed by atoms with van der Waals surface area (Å²) < 4.78 is 0. The molecule has 9 heteroatoms. The highest BCUT2D eigenvalue weighted by molar-refractivity contribution is 6.06. The van der Waals surface area contributed by atoms with E-state index in [-0.39, 0.29) is 34.7 Å². The predicted octanol–water partition coefficient (Wildman–Crippen LogP) is 4.60. The smallest absolute Gasteiger partial charge is 0.167 e. The van der Waals surface area contributed by atoms with Crippen LogP contribution in [0.15, 0.2) is 72.8 Å². The van der Waals surface area contributed by atoms with Crippen molar-refractivity contribution in [1.29, 1.82) is 0 Å². The minimum atomic E-state index is 0.0233. The number of hydrogen-bond acceptors (Lipinski definition) is 6. The number of aromatic hydroxyl groups is 3. The normalized spacial score (nSPS) is 9.18. The van der Waals surface area contributed by atoms with Crippen LogP contribution in [0.4, 0.5) is 0 Å². The zero-order valence-electron chi connectivity index (χ0n) is 18.8. The zero-order valence-corrected chi connectivity index (χ0v) is 18.8. The SMILES string of the molecule is Oc1ccccc1-c1nc(-c2ccccc2O)nc(-c2ccccc2O)n1.[B]C.[B]C.[B]C. The van der Waals surface area contributed by atoms with Crippen LogP contribution in [0.3, 0.4) is 0 Å². The average Bonchev–Trinajstić information content (AvgIpc) is 2.88. The van der Waals surface area contributed by atoms with Crippen LogP contribution in [0.25, 0.3) is 34.2 Å². The van der Waals surface area contributed by atoms with Crippen molar-refractivity contribution in [3.05, 3.63) is 72.8 Å². The molecule has 0 fully saturated rings. The molecular weight excluding hydrogens is 411 g/mol. The number of rotatable bonds is 3. The molecule has 3 aromatic carbocycles. The molecule has 6 radical (unpaired) electrons. The Bertz CT molecular complexity index is 991. The minimum Gasteiger partial charge on any atom is -0.507 e. The van der Waals surface area contributed by atoms with Crippen molar-refractivity contribution in [1.82, 2.24) is 15.0 Å². The Morgan fingerprint density at radius 1 is 0.424 bits per heavy atom. The van der Waals surface area contributed by atoms with Crippen LogP contribution in [0.1, 0.15) is 0 Å². The molecule has 0 atom stereocenters. The zero-order chi connectivity index (χ0) is 24.8. The van der Waals surface area contributed by atoms with E-state index in [9.17, 15) is 15.3 Å². The molecule has 4 rings (SSSR count). The fraction of sp³-hybridized carbons (Fsp3) is 0.125. The molecule has 0 saturated heterocycles. The number of para-hydroxylation sites is 3. The summed E-state index contributed by atoms with van der Waals surface area (Å²) in [7, 11) is 13.5. The van der Waals surface area contributed by atoms with Crippen molar-refractivity contribution in [3.8, 4) is 51.4 Å². The third-order valence-corrected chi connectivity index (χ3v) is 4.07. The molecule has 162 valence electrons. The minimum absolute atomic E-state index is 0.0233. The third kappa shape index (κ3) is 6.87. The van der Waals surface area contributed by atoms with Crippen LogP contribution in [-0.2, 0) is 0 Å². The highest BCUT2D eigenvalue weighted by Gasteiger charge is 2.17. The maximum Gasteiger partial charge on any atom is 0.167 e. The van der Waals surface area contributed by atoms with E-state index in [4.69, 9.17) is 0 Å². The molecule has 0 aliphatic carbocycles. The first kappa shape index (κ1) is 27.3. The highest BCUT2D eigenvalue weighted by atomic mass is 16.3. The topological polar surface area (TPSA) is 99.4 Å².